The third kappa shape index (κ3) is 4.92. The number of thioether (sulfide) groups is 1. The second-order valence-corrected chi connectivity index (χ2v) is 7.61. The van der Waals surface area contributed by atoms with Gasteiger partial charge in [-0.1, -0.05) is 48.3 Å². The maximum absolute atomic E-state index is 12.4. The summed E-state index contributed by atoms with van der Waals surface area (Å²) in [5.74, 6) is 1.86. The van der Waals surface area contributed by atoms with E-state index in [0.29, 0.717) is 27.5 Å². The molecule has 2 aromatic rings. The Morgan fingerprint density at radius 2 is 1.92 bits per heavy atom. The lowest BCUT2D eigenvalue weighted by atomic mass is 10.2. The van der Waals surface area contributed by atoms with Crippen molar-refractivity contribution in [1.82, 2.24) is 19.7 Å². The average molecular weight is 395 g/mol. The molecular formula is C18H23ClN4O2S. The molecule has 1 amide bonds. The minimum atomic E-state index is 0.175. The Morgan fingerprint density at radius 1 is 1.19 bits per heavy atom. The van der Waals surface area contributed by atoms with Crippen LogP contribution in [0.4, 0.5) is 0 Å². The van der Waals surface area contributed by atoms with Crippen LogP contribution in [0.5, 0.6) is 5.75 Å². The summed E-state index contributed by atoms with van der Waals surface area (Å²) in [6.07, 6.45) is 4.64. The van der Waals surface area contributed by atoms with Crippen molar-refractivity contribution >= 4 is 29.3 Å². The van der Waals surface area contributed by atoms with Crippen molar-refractivity contribution in [2.45, 2.75) is 37.4 Å². The molecule has 26 heavy (non-hydrogen) atoms. The number of carbonyl (C=O) groups excluding carboxylic acids is 1. The van der Waals surface area contributed by atoms with Crippen LogP contribution in [0.3, 0.4) is 0 Å². The summed E-state index contributed by atoms with van der Waals surface area (Å²) in [6.45, 7) is 2.01. The number of hydrogen-bond acceptors (Lipinski definition) is 5. The van der Waals surface area contributed by atoms with Crippen molar-refractivity contribution < 1.29 is 9.53 Å². The Kier molecular flexibility index (Phi) is 6.80. The van der Waals surface area contributed by atoms with Gasteiger partial charge in [-0.05, 0) is 25.0 Å². The average Bonchev–Trinajstić information content (AvgIpc) is 2.85. The molecule has 8 heteroatoms. The molecule has 3 rings (SSSR count). The van der Waals surface area contributed by atoms with Crippen LogP contribution in [0.15, 0.2) is 29.4 Å². The number of carbonyl (C=O) groups is 1. The first kappa shape index (κ1) is 19.0. The first-order chi connectivity index (χ1) is 12.6. The first-order valence-electron chi connectivity index (χ1n) is 8.81. The van der Waals surface area contributed by atoms with E-state index in [4.69, 9.17) is 16.3 Å². The number of rotatable bonds is 6. The zero-order valence-corrected chi connectivity index (χ0v) is 16.4. The molecule has 1 saturated heterocycles. The van der Waals surface area contributed by atoms with Gasteiger partial charge >= 0.3 is 0 Å². The van der Waals surface area contributed by atoms with Crippen molar-refractivity contribution in [3.05, 3.63) is 35.1 Å². The zero-order chi connectivity index (χ0) is 18.4. The van der Waals surface area contributed by atoms with E-state index in [0.717, 1.165) is 25.9 Å². The largest absolute Gasteiger partial charge is 0.484 e. The molecule has 0 atom stereocenters. The van der Waals surface area contributed by atoms with Crippen molar-refractivity contribution in [1.29, 1.82) is 0 Å². The molecule has 1 aliphatic rings. The van der Waals surface area contributed by atoms with Crippen LogP contribution in [0.25, 0.3) is 0 Å². The third-order valence-corrected chi connectivity index (χ3v) is 5.72. The highest BCUT2D eigenvalue weighted by Crippen LogP contribution is 2.24. The SMILES string of the molecule is Cn1c(COc2ccccc2Cl)nnc1SCC(=O)N1CCCCCC1. The standard InChI is InChI=1S/C18H23ClN4O2S/c1-22-16(12-25-15-9-5-4-8-14(15)19)20-21-18(22)26-13-17(24)23-10-6-2-3-7-11-23/h4-5,8-9H,2-3,6-7,10-13H2,1H3. The molecule has 2 heterocycles. The smallest absolute Gasteiger partial charge is 0.233 e. The van der Waals surface area contributed by atoms with Crippen molar-refractivity contribution in [3.63, 3.8) is 0 Å². The third-order valence-electron chi connectivity index (χ3n) is 4.40. The van der Waals surface area contributed by atoms with E-state index >= 15 is 0 Å². The Balaban J connectivity index is 1.53. The van der Waals surface area contributed by atoms with Gasteiger partial charge in [0.05, 0.1) is 10.8 Å². The molecule has 0 spiro atoms. The molecular weight excluding hydrogens is 372 g/mol. The molecule has 0 aliphatic carbocycles. The van der Waals surface area contributed by atoms with Crippen molar-refractivity contribution in [2.75, 3.05) is 18.8 Å². The first-order valence-corrected chi connectivity index (χ1v) is 10.2. The summed E-state index contributed by atoms with van der Waals surface area (Å²) >= 11 is 7.51. The Morgan fingerprint density at radius 3 is 2.65 bits per heavy atom. The summed E-state index contributed by atoms with van der Waals surface area (Å²) in [7, 11) is 1.88. The second kappa shape index (κ2) is 9.28. The number of halogens is 1. The predicted octanol–water partition coefficient (Wildman–Crippen LogP) is 3.54. The van der Waals surface area contributed by atoms with Gasteiger partial charge in [-0.15, -0.1) is 10.2 Å². The van der Waals surface area contributed by atoms with Gasteiger partial charge in [-0.2, -0.15) is 0 Å². The number of likely N-dealkylation sites (tertiary alicyclic amines) is 1. The van der Waals surface area contributed by atoms with Crippen LogP contribution in [0.1, 0.15) is 31.5 Å². The van der Waals surface area contributed by atoms with Crippen molar-refractivity contribution in [3.8, 4) is 5.75 Å². The topological polar surface area (TPSA) is 60.2 Å². The summed E-state index contributed by atoms with van der Waals surface area (Å²) < 4.78 is 7.57. The Hall–Kier alpha value is -1.73. The number of nitrogens with zero attached hydrogens (tertiary/aromatic N) is 4. The number of para-hydroxylation sites is 1. The fraction of sp³-hybridized carbons (Fsp3) is 0.500. The summed E-state index contributed by atoms with van der Waals surface area (Å²) in [4.78, 5) is 14.4. The van der Waals surface area contributed by atoms with E-state index in [9.17, 15) is 4.79 Å². The Labute approximate surface area is 162 Å². The molecule has 0 radical (unpaired) electrons. The van der Waals surface area contributed by atoms with E-state index in [1.807, 2.05) is 34.7 Å². The molecule has 140 valence electrons. The van der Waals surface area contributed by atoms with Gasteiger partial charge in [0.2, 0.25) is 5.91 Å². The van der Waals surface area contributed by atoms with Crippen molar-refractivity contribution in [2.24, 2.45) is 7.05 Å². The lowest BCUT2D eigenvalue weighted by Gasteiger charge is -2.19. The molecule has 0 saturated carbocycles. The molecule has 0 unspecified atom stereocenters. The van der Waals surface area contributed by atoms with Crippen LogP contribution in [0.2, 0.25) is 5.02 Å². The highest BCUT2D eigenvalue weighted by molar-refractivity contribution is 7.99. The van der Waals surface area contributed by atoms with E-state index in [1.165, 1.54) is 24.6 Å². The van der Waals surface area contributed by atoms with Gasteiger partial charge in [0.25, 0.3) is 0 Å². The summed E-state index contributed by atoms with van der Waals surface area (Å²) in [5, 5.41) is 9.62. The second-order valence-electron chi connectivity index (χ2n) is 6.26. The lowest BCUT2D eigenvalue weighted by molar-refractivity contribution is -0.128. The minimum absolute atomic E-state index is 0.175. The molecule has 0 N–H and O–H groups in total. The van der Waals surface area contributed by atoms with Gasteiger partial charge in [-0.3, -0.25) is 4.79 Å². The quantitative estimate of drug-likeness (QED) is 0.701. The highest BCUT2D eigenvalue weighted by atomic mass is 35.5. The zero-order valence-electron chi connectivity index (χ0n) is 14.9. The Bertz CT molecular complexity index is 745. The van der Waals surface area contributed by atoms with Crippen LogP contribution >= 0.6 is 23.4 Å². The molecule has 1 aliphatic heterocycles. The van der Waals surface area contributed by atoms with Gasteiger partial charge in [0.1, 0.15) is 12.4 Å². The maximum atomic E-state index is 12.4. The number of aromatic nitrogens is 3. The number of hydrogen-bond donors (Lipinski definition) is 0. The van der Waals surface area contributed by atoms with E-state index in [-0.39, 0.29) is 12.5 Å². The van der Waals surface area contributed by atoms with E-state index in [2.05, 4.69) is 10.2 Å². The fourth-order valence-corrected chi connectivity index (χ4v) is 3.86. The number of benzene rings is 1. The van der Waals surface area contributed by atoms with Crippen LogP contribution in [-0.2, 0) is 18.4 Å². The molecule has 1 aromatic carbocycles. The molecule has 1 fully saturated rings. The monoisotopic (exact) mass is 394 g/mol. The number of amides is 1. The fourth-order valence-electron chi connectivity index (χ4n) is 2.84. The van der Waals surface area contributed by atoms with E-state index < -0.39 is 0 Å². The molecule has 0 bridgehead atoms. The lowest BCUT2D eigenvalue weighted by Crippen LogP contribution is -2.33. The summed E-state index contributed by atoms with van der Waals surface area (Å²) in [5.41, 5.74) is 0. The predicted molar refractivity (Wildman–Crippen MR) is 103 cm³/mol. The van der Waals surface area contributed by atoms with Crippen LogP contribution in [-0.4, -0.2) is 44.4 Å². The minimum Gasteiger partial charge on any atom is -0.484 e. The maximum Gasteiger partial charge on any atom is 0.233 e. The van der Waals surface area contributed by atoms with Crippen LogP contribution < -0.4 is 4.74 Å². The van der Waals surface area contributed by atoms with E-state index in [1.54, 1.807) is 6.07 Å². The molecule has 6 nitrogen and oxygen atoms in total. The molecule has 1 aromatic heterocycles. The van der Waals surface area contributed by atoms with Crippen LogP contribution in [0, 0.1) is 0 Å². The highest BCUT2D eigenvalue weighted by Gasteiger charge is 2.18. The van der Waals surface area contributed by atoms with Gasteiger partial charge in [-0.25, -0.2) is 0 Å². The van der Waals surface area contributed by atoms with Gasteiger partial charge in [0, 0.05) is 20.1 Å². The van der Waals surface area contributed by atoms with Gasteiger partial charge < -0.3 is 14.2 Å². The van der Waals surface area contributed by atoms with Gasteiger partial charge in [0.15, 0.2) is 11.0 Å². The number of ether oxygens (including phenoxy) is 1. The normalized spacial score (nSPS) is 14.9. The summed E-state index contributed by atoms with van der Waals surface area (Å²) in [6, 6.07) is 7.32.